The Balaban J connectivity index is 2.48. The number of nitrogens with zero attached hydrogens (tertiary/aromatic N) is 1. The minimum atomic E-state index is -0.965. The second kappa shape index (κ2) is 4.03. The van der Waals surface area contributed by atoms with E-state index in [2.05, 4.69) is 0 Å². The molecule has 0 fully saturated rings. The lowest BCUT2D eigenvalue weighted by Gasteiger charge is -2.08. The van der Waals surface area contributed by atoms with E-state index in [0.29, 0.717) is 18.7 Å². The molecule has 0 saturated heterocycles. The summed E-state index contributed by atoms with van der Waals surface area (Å²) in [6.07, 6.45) is -0.586. The summed E-state index contributed by atoms with van der Waals surface area (Å²) in [4.78, 5) is 0. The van der Waals surface area contributed by atoms with Crippen LogP contribution in [0, 0.1) is 0 Å². The van der Waals surface area contributed by atoms with Crippen molar-refractivity contribution in [1.29, 1.82) is 0 Å². The summed E-state index contributed by atoms with van der Waals surface area (Å²) >= 11 is 0. The third kappa shape index (κ3) is 1.75. The third-order valence-electron chi connectivity index (χ3n) is 2.73. The fraction of sp³-hybridized carbons (Fsp3) is 0.333. The Morgan fingerprint density at radius 3 is 2.80 bits per heavy atom. The Labute approximate surface area is 88.5 Å². The molecule has 0 saturated carbocycles. The number of nitrogens with two attached hydrogens (primary N) is 1. The highest BCUT2D eigenvalue weighted by molar-refractivity contribution is 5.81. The molecular weight excluding hydrogens is 191 g/mol. The van der Waals surface area contributed by atoms with Crippen LogP contribution in [0.4, 0.5) is 4.39 Å². The molecule has 0 spiro atoms. The highest BCUT2D eigenvalue weighted by atomic mass is 19.1. The van der Waals surface area contributed by atoms with Crippen molar-refractivity contribution in [3.8, 4) is 0 Å². The maximum Gasteiger partial charge on any atom is 0.141 e. The molecule has 2 rings (SSSR count). The first kappa shape index (κ1) is 10.2. The van der Waals surface area contributed by atoms with Crippen LogP contribution in [0.2, 0.25) is 0 Å². The lowest BCUT2D eigenvalue weighted by atomic mass is 10.2. The fourth-order valence-electron chi connectivity index (χ4n) is 1.91. The molecule has 1 atom stereocenters. The monoisotopic (exact) mass is 206 g/mol. The average molecular weight is 206 g/mol. The molecular formula is C12H15FN2. The van der Waals surface area contributed by atoms with E-state index in [0.717, 1.165) is 10.9 Å². The van der Waals surface area contributed by atoms with Crippen molar-refractivity contribution in [2.24, 2.45) is 12.8 Å². The van der Waals surface area contributed by atoms with Gasteiger partial charge in [-0.25, -0.2) is 4.39 Å². The number of benzene rings is 1. The highest BCUT2D eigenvalue weighted by Gasteiger charge is 2.14. The molecule has 15 heavy (non-hydrogen) atoms. The quantitative estimate of drug-likeness (QED) is 0.822. The molecule has 2 N–H and O–H groups in total. The van der Waals surface area contributed by atoms with Crippen molar-refractivity contribution in [3.63, 3.8) is 0 Å². The van der Waals surface area contributed by atoms with Crippen molar-refractivity contribution >= 4 is 10.9 Å². The minimum Gasteiger partial charge on any atom is -0.345 e. The maximum atomic E-state index is 13.7. The lowest BCUT2D eigenvalue weighted by Crippen LogP contribution is -2.06. The second-order valence-corrected chi connectivity index (χ2v) is 3.73. The SMILES string of the molecule is Cn1c(C(F)CCN)cc2ccccc21. The number of hydrogen-bond acceptors (Lipinski definition) is 1. The minimum absolute atomic E-state index is 0.378. The van der Waals surface area contributed by atoms with Gasteiger partial charge in [-0.2, -0.15) is 0 Å². The van der Waals surface area contributed by atoms with Crippen LogP contribution >= 0.6 is 0 Å². The number of para-hydroxylation sites is 1. The second-order valence-electron chi connectivity index (χ2n) is 3.73. The lowest BCUT2D eigenvalue weighted by molar-refractivity contribution is 0.314. The summed E-state index contributed by atoms with van der Waals surface area (Å²) in [5.41, 5.74) is 7.13. The molecule has 1 aromatic carbocycles. The van der Waals surface area contributed by atoms with Crippen LogP contribution in [0.15, 0.2) is 30.3 Å². The third-order valence-corrected chi connectivity index (χ3v) is 2.73. The van der Waals surface area contributed by atoms with Crippen molar-refractivity contribution in [3.05, 3.63) is 36.0 Å². The summed E-state index contributed by atoms with van der Waals surface area (Å²) < 4.78 is 15.6. The highest BCUT2D eigenvalue weighted by Crippen LogP contribution is 2.26. The summed E-state index contributed by atoms with van der Waals surface area (Å²) in [7, 11) is 1.89. The van der Waals surface area contributed by atoms with Crippen LogP contribution in [0.1, 0.15) is 18.3 Å². The Morgan fingerprint density at radius 2 is 2.13 bits per heavy atom. The summed E-state index contributed by atoms with van der Waals surface area (Å²) in [5, 5.41) is 1.08. The van der Waals surface area contributed by atoms with Crippen molar-refractivity contribution in [2.75, 3.05) is 6.54 Å². The number of alkyl halides is 1. The van der Waals surface area contributed by atoms with Gasteiger partial charge in [-0.1, -0.05) is 18.2 Å². The predicted octanol–water partition coefficient (Wildman–Crippen LogP) is 2.54. The Bertz CT molecular complexity index is 462. The van der Waals surface area contributed by atoms with Crippen molar-refractivity contribution in [2.45, 2.75) is 12.6 Å². The zero-order valence-corrected chi connectivity index (χ0v) is 8.78. The molecule has 1 unspecified atom stereocenters. The van der Waals surface area contributed by atoms with Gasteiger partial charge in [0.15, 0.2) is 0 Å². The topological polar surface area (TPSA) is 30.9 Å². The molecule has 1 heterocycles. The van der Waals surface area contributed by atoms with Crippen LogP contribution in [-0.4, -0.2) is 11.1 Å². The van der Waals surface area contributed by atoms with E-state index in [9.17, 15) is 4.39 Å². The van der Waals surface area contributed by atoms with Crippen LogP contribution in [-0.2, 0) is 7.05 Å². The van der Waals surface area contributed by atoms with E-state index < -0.39 is 6.17 Å². The molecule has 0 aliphatic heterocycles. The van der Waals surface area contributed by atoms with E-state index in [1.807, 2.05) is 41.9 Å². The van der Waals surface area contributed by atoms with Crippen molar-refractivity contribution < 1.29 is 4.39 Å². The van der Waals surface area contributed by atoms with Gasteiger partial charge in [-0.05, 0) is 30.5 Å². The van der Waals surface area contributed by atoms with Gasteiger partial charge >= 0.3 is 0 Å². The first-order valence-corrected chi connectivity index (χ1v) is 5.12. The predicted molar refractivity (Wildman–Crippen MR) is 60.4 cm³/mol. The first-order chi connectivity index (χ1) is 7.24. The molecule has 0 amide bonds. The van der Waals surface area contributed by atoms with E-state index >= 15 is 0 Å². The van der Waals surface area contributed by atoms with Crippen LogP contribution in [0.3, 0.4) is 0 Å². The molecule has 2 nitrogen and oxygen atoms in total. The molecule has 0 bridgehead atoms. The average Bonchev–Trinajstić information content (AvgIpc) is 2.57. The van der Waals surface area contributed by atoms with Gasteiger partial charge in [0.1, 0.15) is 6.17 Å². The normalized spacial score (nSPS) is 13.3. The van der Waals surface area contributed by atoms with Gasteiger partial charge < -0.3 is 10.3 Å². The molecule has 2 aromatic rings. The summed E-state index contributed by atoms with van der Waals surface area (Å²) in [6.45, 7) is 0.378. The van der Waals surface area contributed by atoms with E-state index in [1.165, 1.54) is 0 Å². The maximum absolute atomic E-state index is 13.7. The van der Waals surface area contributed by atoms with Gasteiger partial charge in [0.05, 0.1) is 5.69 Å². The number of hydrogen-bond donors (Lipinski definition) is 1. The van der Waals surface area contributed by atoms with E-state index in [4.69, 9.17) is 5.73 Å². The fourth-order valence-corrected chi connectivity index (χ4v) is 1.91. The molecule has 80 valence electrons. The van der Waals surface area contributed by atoms with Crippen LogP contribution in [0.25, 0.3) is 10.9 Å². The first-order valence-electron chi connectivity index (χ1n) is 5.12. The molecule has 0 aliphatic rings. The molecule has 0 aliphatic carbocycles. The van der Waals surface area contributed by atoms with Crippen LogP contribution in [0.5, 0.6) is 0 Å². The van der Waals surface area contributed by atoms with E-state index in [1.54, 1.807) is 0 Å². The van der Waals surface area contributed by atoms with Gasteiger partial charge in [0, 0.05) is 12.6 Å². The Hall–Kier alpha value is -1.35. The zero-order valence-electron chi connectivity index (χ0n) is 8.78. The van der Waals surface area contributed by atoms with Gasteiger partial charge in [-0.3, -0.25) is 0 Å². The zero-order chi connectivity index (χ0) is 10.8. The number of aromatic nitrogens is 1. The van der Waals surface area contributed by atoms with Crippen molar-refractivity contribution in [1.82, 2.24) is 4.57 Å². The van der Waals surface area contributed by atoms with E-state index in [-0.39, 0.29) is 0 Å². The van der Waals surface area contributed by atoms with Gasteiger partial charge in [-0.15, -0.1) is 0 Å². The molecule has 1 aromatic heterocycles. The summed E-state index contributed by atoms with van der Waals surface area (Å²) in [6, 6.07) is 9.81. The Kier molecular flexibility index (Phi) is 2.73. The molecule has 0 radical (unpaired) electrons. The standard InChI is InChI=1S/C12H15FN2/c1-15-11-5-3-2-4-9(11)8-12(15)10(13)6-7-14/h2-5,8,10H,6-7,14H2,1H3. The molecule has 3 heteroatoms. The number of halogens is 1. The number of fused-ring (bicyclic) bond motifs is 1. The summed E-state index contributed by atoms with van der Waals surface area (Å²) in [5.74, 6) is 0. The smallest absolute Gasteiger partial charge is 0.141 e. The largest absolute Gasteiger partial charge is 0.345 e. The van der Waals surface area contributed by atoms with Crippen LogP contribution < -0.4 is 5.73 Å². The number of aryl methyl sites for hydroxylation is 1. The van der Waals surface area contributed by atoms with Gasteiger partial charge in [0.25, 0.3) is 0 Å². The van der Waals surface area contributed by atoms with Gasteiger partial charge in [0.2, 0.25) is 0 Å². The Morgan fingerprint density at radius 1 is 1.40 bits per heavy atom. The number of rotatable bonds is 3.